The van der Waals surface area contributed by atoms with Crippen molar-refractivity contribution < 1.29 is 9.90 Å². The number of hydrogen-bond acceptors (Lipinski definition) is 2. The number of carbonyl (C=O) groups is 1. The van der Waals surface area contributed by atoms with Crippen LogP contribution in [0, 0.1) is 5.41 Å². The number of rotatable bonds is 5. The lowest BCUT2D eigenvalue weighted by Crippen LogP contribution is -2.30. The number of carboxylic acid groups (broad SMARTS) is 1. The van der Waals surface area contributed by atoms with E-state index < -0.39 is 11.4 Å². The number of nitrogens with zero attached hydrogens (tertiary/aromatic N) is 1. The van der Waals surface area contributed by atoms with Gasteiger partial charge in [-0.05, 0) is 41.4 Å². The van der Waals surface area contributed by atoms with Crippen LogP contribution in [0.2, 0.25) is 0 Å². The Labute approximate surface area is 104 Å². The van der Waals surface area contributed by atoms with Gasteiger partial charge < -0.3 is 5.11 Å². The summed E-state index contributed by atoms with van der Waals surface area (Å²) in [6.45, 7) is 3.78. The van der Waals surface area contributed by atoms with Crippen molar-refractivity contribution in [2.45, 2.75) is 33.1 Å². The van der Waals surface area contributed by atoms with Gasteiger partial charge in [-0.25, -0.2) is 0 Å². The van der Waals surface area contributed by atoms with Gasteiger partial charge in [0, 0.05) is 22.8 Å². The van der Waals surface area contributed by atoms with Crippen molar-refractivity contribution in [2.75, 3.05) is 0 Å². The Morgan fingerprint density at radius 3 is 2.69 bits per heavy atom. The molecule has 0 aromatic carbocycles. The molecule has 1 heterocycles. The molecular weight excluding hydrogens is 270 g/mol. The predicted octanol–water partition coefficient (Wildman–Crippen LogP) is 3.28. The van der Waals surface area contributed by atoms with E-state index >= 15 is 0 Å². The van der Waals surface area contributed by atoms with Crippen LogP contribution >= 0.6 is 15.9 Å². The van der Waals surface area contributed by atoms with Gasteiger partial charge in [-0.2, -0.15) is 0 Å². The molecule has 16 heavy (non-hydrogen) atoms. The van der Waals surface area contributed by atoms with E-state index in [-0.39, 0.29) is 0 Å². The van der Waals surface area contributed by atoms with Gasteiger partial charge in [-0.15, -0.1) is 0 Å². The highest BCUT2D eigenvalue weighted by Crippen LogP contribution is 2.28. The highest BCUT2D eigenvalue weighted by molar-refractivity contribution is 9.10. The molecule has 0 aliphatic carbocycles. The third-order valence-electron chi connectivity index (χ3n) is 2.68. The first-order valence-electron chi connectivity index (χ1n) is 5.32. The van der Waals surface area contributed by atoms with Crippen molar-refractivity contribution >= 4 is 21.9 Å². The number of aromatic nitrogens is 1. The summed E-state index contributed by atoms with van der Waals surface area (Å²) in [6, 6.07) is 3.75. The van der Waals surface area contributed by atoms with Crippen LogP contribution in [0.1, 0.15) is 32.4 Å². The number of pyridine rings is 1. The molecule has 0 fully saturated rings. The molecule has 1 aromatic heterocycles. The average Bonchev–Trinajstić information content (AvgIpc) is 2.22. The minimum atomic E-state index is -0.751. The Morgan fingerprint density at radius 2 is 2.25 bits per heavy atom. The molecule has 3 nitrogen and oxygen atoms in total. The Hall–Kier alpha value is -0.900. The van der Waals surface area contributed by atoms with Crippen LogP contribution in [0.4, 0.5) is 0 Å². The maximum atomic E-state index is 11.2. The first-order valence-corrected chi connectivity index (χ1v) is 6.11. The Morgan fingerprint density at radius 1 is 1.56 bits per heavy atom. The molecule has 0 radical (unpaired) electrons. The van der Waals surface area contributed by atoms with Crippen LogP contribution in [0.3, 0.4) is 0 Å². The highest BCUT2D eigenvalue weighted by Gasteiger charge is 2.32. The van der Waals surface area contributed by atoms with E-state index in [1.54, 1.807) is 13.1 Å². The second kappa shape index (κ2) is 5.43. The topological polar surface area (TPSA) is 50.2 Å². The normalized spacial score (nSPS) is 14.4. The van der Waals surface area contributed by atoms with E-state index in [2.05, 4.69) is 20.9 Å². The second-order valence-electron chi connectivity index (χ2n) is 4.26. The van der Waals surface area contributed by atoms with Gasteiger partial charge in [0.2, 0.25) is 0 Å². The SMILES string of the molecule is CCCC(C)(Cc1ccc(Br)cn1)C(=O)O. The second-order valence-corrected chi connectivity index (χ2v) is 5.18. The minimum absolute atomic E-state index is 0.476. The molecule has 1 rings (SSSR count). The molecule has 0 bridgehead atoms. The lowest BCUT2D eigenvalue weighted by molar-refractivity contribution is -0.148. The van der Waals surface area contributed by atoms with Crippen molar-refractivity contribution in [3.8, 4) is 0 Å². The third kappa shape index (κ3) is 3.30. The molecule has 0 amide bonds. The maximum absolute atomic E-state index is 11.2. The molecule has 1 unspecified atom stereocenters. The van der Waals surface area contributed by atoms with Crippen LogP contribution in [0.5, 0.6) is 0 Å². The van der Waals surface area contributed by atoms with Crippen LogP contribution in [-0.4, -0.2) is 16.1 Å². The zero-order chi connectivity index (χ0) is 12.2. The van der Waals surface area contributed by atoms with E-state index in [1.807, 2.05) is 19.1 Å². The summed E-state index contributed by atoms with van der Waals surface area (Å²) in [7, 11) is 0. The molecule has 1 atom stereocenters. The van der Waals surface area contributed by atoms with Crippen LogP contribution in [0.15, 0.2) is 22.8 Å². The number of aliphatic carboxylic acids is 1. The summed E-state index contributed by atoms with van der Waals surface area (Å²) >= 11 is 3.31. The van der Waals surface area contributed by atoms with E-state index in [9.17, 15) is 9.90 Å². The summed E-state index contributed by atoms with van der Waals surface area (Å²) in [5, 5.41) is 9.24. The standard InChI is InChI=1S/C12H16BrNO2/c1-3-6-12(2,11(15)16)7-10-5-4-9(13)8-14-10/h4-5,8H,3,6-7H2,1-2H3,(H,15,16). The molecule has 1 N–H and O–H groups in total. The smallest absolute Gasteiger partial charge is 0.309 e. The fourth-order valence-electron chi connectivity index (χ4n) is 1.73. The van der Waals surface area contributed by atoms with Crippen molar-refractivity contribution in [1.29, 1.82) is 0 Å². The molecule has 0 saturated carbocycles. The van der Waals surface area contributed by atoms with Crippen LogP contribution < -0.4 is 0 Å². The lowest BCUT2D eigenvalue weighted by atomic mass is 9.81. The van der Waals surface area contributed by atoms with Gasteiger partial charge in [0.05, 0.1) is 5.41 Å². The summed E-state index contributed by atoms with van der Waals surface area (Å²) in [6.07, 6.45) is 3.70. The molecule has 1 aromatic rings. The highest BCUT2D eigenvalue weighted by atomic mass is 79.9. The van der Waals surface area contributed by atoms with Crippen LogP contribution in [0.25, 0.3) is 0 Å². The van der Waals surface area contributed by atoms with Gasteiger partial charge in [-0.1, -0.05) is 13.3 Å². The van der Waals surface area contributed by atoms with Gasteiger partial charge in [0.15, 0.2) is 0 Å². The van der Waals surface area contributed by atoms with Gasteiger partial charge in [0.25, 0.3) is 0 Å². The molecular formula is C12H16BrNO2. The molecule has 0 saturated heterocycles. The summed E-state index contributed by atoms with van der Waals surface area (Å²) < 4.78 is 0.906. The number of carboxylic acids is 1. The number of hydrogen-bond donors (Lipinski definition) is 1. The summed E-state index contributed by atoms with van der Waals surface area (Å²) in [5.41, 5.74) is 0.108. The van der Waals surface area contributed by atoms with Crippen molar-refractivity contribution in [3.63, 3.8) is 0 Å². The predicted molar refractivity (Wildman–Crippen MR) is 66.3 cm³/mol. The Balaban J connectivity index is 2.83. The Bertz CT molecular complexity index is 364. The molecule has 0 aliphatic rings. The average molecular weight is 286 g/mol. The summed E-state index contributed by atoms with van der Waals surface area (Å²) in [4.78, 5) is 15.5. The van der Waals surface area contributed by atoms with Crippen molar-refractivity contribution in [1.82, 2.24) is 4.98 Å². The zero-order valence-corrected chi connectivity index (χ0v) is 11.1. The summed E-state index contributed by atoms with van der Waals surface area (Å²) in [5.74, 6) is -0.751. The van der Waals surface area contributed by atoms with Gasteiger partial charge in [-0.3, -0.25) is 9.78 Å². The third-order valence-corrected chi connectivity index (χ3v) is 3.15. The molecule has 4 heteroatoms. The molecule has 88 valence electrons. The monoisotopic (exact) mass is 285 g/mol. The molecule has 0 aliphatic heterocycles. The van der Waals surface area contributed by atoms with Crippen molar-refractivity contribution in [3.05, 3.63) is 28.5 Å². The Kier molecular flexibility index (Phi) is 4.47. The quantitative estimate of drug-likeness (QED) is 0.903. The largest absolute Gasteiger partial charge is 0.481 e. The maximum Gasteiger partial charge on any atom is 0.309 e. The van der Waals surface area contributed by atoms with E-state index in [0.29, 0.717) is 12.8 Å². The zero-order valence-electron chi connectivity index (χ0n) is 9.53. The number of halogens is 1. The van der Waals surface area contributed by atoms with E-state index in [4.69, 9.17) is 0 Å². The van der Waals surface area contributed by atoms with Gasteiger partial charge in [0.1, 0.15) is 0 Å². The van der Waals surface area contributed by atoms with E-state index in [0.717, 1.165) is 16.6 Å². The fourth-order valence-corrected chi connectivity index (χ4v) is 1.97. The van der Waals surface area contributed by atoms with Crippen molar-refractivity contribution in [2.24, 2.45) is 5.41 Å². The first kappa shape index (κ1) is 13.2. The first-order chi connectivity index (χ1) is 7.48. The minimum Gasteiger partial charge on any atom is -0.481 e. The van der Waals surface area contributed by atoms with E-state index in [1.165, 1.54) is 0 Å². The molecule has 0 spiro atoms. The van der Waals surface area contributed by atoms with Gasteiger partial charge >= 0.3 is 5.97 Å². The van der Waals surface area contributed by atoms with Crippen LogP contribution in [-0.2, 0) is 11.2 Å². The fraction of sp³-hybridized carbons (Fsp3) is 0.500. The lowest BCUT2D eigenvalue weighted by Gasteiger charge is -2.23.